The summed E-state index contributed by atoms with van der Waals surface area (Å²) < 4.78 is 12.7. The maximum Gasteiger partial charge on any atom is 0.446 e. The van der Waals surface area contributed by atoms with Crippen molar-refractivity contribution < 1.29 is 28.7 Å². The minimum absolute atomic E-state index is 0.135. The zero-order valence-corrected chi connectivity index (χ0v) is 17.5. The molecule has 26 heavy (non-hydrogen) atoms. The van der Waals surface area contributed by atoms with Crippen LogP contribution in [0.3, 0.4) is 0 Å². The third kappa shape index (κ3) is 12.0. The van der Waals surface area contributed by atoms with Crippen LogP contribution in [0.15, 0.2) is 5.16 Å². The Labute approximate surface area is 163 Å². The van der Waals surface area contributed by atoms with Gasteiger partial charge in [0.15, 0.2) is 0 Å². The average molecular weight is 410 g/mol. The molecule has 0 aliphatic rings. The van der Waals surface area contributed by atoms with Gasteiger partial charge in [0.25, 0.3) is 0 Å². The first-order valence-corrected chi connectivity index (χ1v) is 10.1. The lowest BCUT2D eigenvalue weighted by atomic mass is 10.4. The molecular weight excluding hydrogens is 382 g/mol. The Balaban J connectivity index is 4.66. The number of esters is 2. The van der Waals surface area contributed by atoms with Gasteiger partial charge in [-0.05, 0) is 27.0 Å². The van der Waals surface area contributed by atoms with E-state index in [1.807, 2.05) is 6.26 Å². The number of amides is 1. The van der Waals surface area contributed by atoms with Crippen LogP contribution in [0.4, 0.5) is 4.79 Å². The quantitative estimate of drug-likeness (QED) is 0.127. The van der Waals surface area contributed by atoms with Gasteiger partial charge in [-0.1, -0.05) is 5.16 Å². The van der Waals surface area contributed by atoms with E-state index in [9.17, 15) is 14.4 Å². The summed E-state index contributed by atoms with van der Waals surface area (Å²) in [5.74, 6) is -0.695. The van der Waals surface area contributed by atoms with Gasteiger partial charge in [0.2, 0.25) is 0 Å². The molecule has 0 saturated carbocycles. The fraction of sp³-hybridized carbons (Fsp3) is 0.733. The van der Waals surface area contributed by atoms with Gasteiger partial charge in [-0.15, -0.1) is 11.8 Å². The summed E-state index contributed by atoms with van der Waals surface area (Å²) in [6, 6.07) is 0. The molecule has 0 fully saturated rings. The van der Waals surface area contributed by atoms with Gasteiger partial charge < -0.3 is 9.47 Å². The molecule has 0 spiro atoms. The molecule has 0 radical (unpaired) electrons. The van der Waals surface area contributed by atoms with Crippen molar-refractivity contribution in [1.82, 2.24) is 8.61 Å². The number of carbonyl (C=O) groups is 3. The first-order chi connectivity index (χ1) is 12.3. The molecule has 1 amide bonds. The highest BCUT2D eigenvalue weighted by molar-refractivity contribution is 8.13. The van der Waals surface area contributed by atoms with E-state index in [1.54, 1.807) is 25.1 Å². The summed E-state index contributed by atoms with van der Waals surface area (Å²) in [5, 5.41) is 4.29. The topological polar surface area (TPSA) is 97.7 Å². The Morgan fingerprint density at radius 1 is 1.00 bits per heavy atom. The maximum absolute atomic E-state index is 11.9. The second kappa shape index (κ2) is 14.7. The van der Waals surface area contributed by atoms with Gasteiger partial charge in [0.1, 0.15) is 5.04 Å². The van der Waals surface area contributed by atoms with E-state index < -0.39 is 6.09 Å². The molecule has 11 heteroatoms. The van der Waals surface area contributed by atoms with Crippen LogP contribution < -0.4 is 0 Å². The van der Waals surface area contributed by atoms with Crippen LogP contribution >= 0.6 is 23.9 Å². The van der Waals surface area contributed by atoms with Crippen LogP contribution in [0.25, 0.3) is 0 Å². The summed E-state index contributed by atoms with van der Waals surface area (Å²) in [7, 11) is 1.51. The van der Waals surface area contributed by atoms with E-state index >= 15 is 0 Å². The molecule has 0 heterocycles. The van der Waals surface area contributed by atoms with E-state index in [4.69, 9.17) is 14.3 Å². The smallest absolute Gasteiger partial charge is 0.446 e. The first kappa shape index (κ1) is 24.5. The molecular formula is C15H27N3O6S2. The Kier molecular flexibility index (Phi) is 13.9. The Morgan fingerprint density at radius 2 is 1.50 bits per heavy atom. The Bertz CT molecular complexity index is 468. The number of nitrogens with zero attached hydrogens (tertiary/aromatic N) is 3. The number of ether oxygens (including phenoxy) is 2. The summed E-state index contributed by atoms with van der Waals surface area (Å²) in [4.78, 5) is 39.8. The molecule has 0 atom stereocenters. The predicted octanol–water partition coefficient (Wildman–Crippen LogP) is 2.52. The highest BCUT2D eigenvalue weighted by Gasteiger charge is 2.19. The lowest BCUT2D eigenvalue weighted by Crippen LogP contribution is -2.30. The van der Waals surface area contributed by atoms with Gasteiger partial charge in [-0.25, -0.2) is 13.4 Å². The zero-order valence-electron chi connectivity index (χ0n) is 15.9. The standard InChI is InChI=1S/C15H27N3O6S2/c1-6-22-13(19)8-10-18(11-9-14(20)23-7-2)26-17(4)15(21)24-16-12(3)25-5/h6-11H2,1-5H3. The van der Waals surface area contributed by atoms with Crippen molar-refractivity contribution in [3.05, 3.63) is 0 Å². The Hall–Kier alpha value is -1.46. The molecule has 0 bridgehead atoms. The van der Waals surface area contributed by atoms with E-state index in [0.717, 1.165) is 12.1 Å². The molecule has 0 aliphatic carbocycles. The summed E-state index contributed by atoms with van der Waals surface area (Å²) in [6.45, 7) is 6.37. The van der Waals surface area contributed by atoms with Gasteiger partial charge in [-0.2, -0.15) is 0 Å². The zero-order chi connectivity index (χ0) is 19.9. The minimum Gasteiger partial charge on any atom is -0.466 e. The SMILES string of the molecule is CCOC(=O)CCN(CCC(=O)OCC)SN(C)C(=O)ON=C(C)SC. The number of rotatable bonds is 11. The predicted molar refractivity (Wildman–Crippen MR) is 103 cm³/mol. The van der Waals surface area contributed by atoms with Crippen molar-refractivity contribution in [3.63, 3.8) is 0 Å². The van der Waals surface area contributed by atoms with Crippen LogP contribution in [0, 0.1) is 0 Å². The molecule has 0 saturated heterocycles. The number of carbonyl (C=O) groups excluding carboxylic acids is 3. The fourth-order valence-electron chi connectivity index (χ4n) is 1.50. The van der Waals surface area contributed by atoms with E-state index in [-0.39, 0.29) is 24.8 Å². The van der Waals surface area contributed by atoms with Crippen molar-refractivity contribution >= 4 is 47.0 Å². The molecule has 0 aromatic heterocycles. The number of hydrogen-bond acceptors (Lipinski definition) is 10. The first-order valence-electron chi connectivity index (χ1n) is 8.11. The van der Waals surface area contributed by atoms with Crippen LogP contribution in [0.5, 0.6) is 0 Å². The number of oxime groups is 1. The van der Waals surface area contributed by atoms with Crippen molar-refractivity contribution in [2.75, 3.05) is 39.6 Å². The normalized spacial score (nSPS) is 11.2. The summed E-state index contributed by atoms with van der Waals surface area (Å²) in [6.07, 6.45) is 1.42. The lowest BCUT2D eigenvalue weighted by molar-refractivity contribution is -0.143. The molecule has 9 nitrogen and oxygen atoms in total. The molecule has 0 N–H and O–H groups in total. The van der Waals surface area contributed by atoms with Crippen LogP contribution in [-0.2, 0) is 23.9 Å². The van der Waals surface area contributed by atoms with Gasteiger partial charge in [0, 0.05) is 32.3 Å². The highest BCUT2D eigenvalue weighted by atomic mass is 32.2. The van der Waals surface area contributed by atoms with E-state index in [0.29, 0.717) is 31.3 Å². The molecule has 0 aromatic carbocycles. The molecule has 0 aromatic rings. The molecule has 0 aliphatic heterocycles. The lowest BCUT2D eigenvalue weighted by Gasteiger charge is -2.24. The monoisotopic (exact) mass is 409 g/mol. The molecule has 150 valence electrons. The van der Waals surface area contributed by atoms with Crippen molar-refractivity contribution in [2.24, 2.45) is 5.16 Å². The summed E-state index contributed by atoms with van der Waals surface area (Å²) >= 11 is 2.39. The van der Waals surface area contributed by atoms with Crippen LogP contribution in [0.1, 0.15) is 33.6 Å². The maximum atomic E-state index is 11.9. The van der Waals surface area contributed by atoms with E-state index in [1.165, 1.54) is 23.1 Å². The van der Waals surface area contributed by atoms with E-state index in [2.05, 4.69) is 5.16 Å². The third-order valence-electron chi connectivity index (χ3n) is 2.78. The fourth-order valence-corrected chi connectivity index (χ4v) is 2.40. The second-order valence-electron chi connectivity index (χ2n) is 4.79. The van der Waals surface area contributed by atoms with Gasteiger partial charge in [-0.3, -0.25) is 14.4 Å². The largest absolute Gasteiger partial charge is 0.466 e. The minimum atomic E-state index is -0.666. The van der Waals surface area contributed by atoms with Crippen LogP contribution in [-0.4, -0.2) is 71.3 Å². The van der Waals surface area contributed by atoms with Gasteiger partial charge in [0.05, 0.1) is 26.1 Å². The number of thioether (sulfide) groups is 1. The van der Waals surface area contributed by atoms with Gasteiger partial charge >= 0.3 is 18.0 Å². The second-order valence-corrected chi connectivity index (χ2v) is 7.02. The number of hydrogen-bond donors (Lipinski definition) is 0. The highest BCUT2D eigenvalue weighted by Crippen LogP contribution is 2.17. The third-order valence-corrected chi connectivity index (χ3v) is 4.44. The average Bonchev–Trinajstić information content (AvgIpc) is 2.61. The van der Waals surface area contributed by atoms with Crippen molar-refractivity contribution in [1.29, 1.82) is 0 Å². The van der Waals surface area contributed by atoms with Crippen molar-refractivity contribution in [2.45, 2.75) is 33.6 Å². The van der Waals surface area contributed by atoms with Crippen molar-refractivity contribution in [3.8, 4) is 0 Å². The van der Waals surface area contributed by atoms with Crippen LogP contribution in [0.2, 0.25) is 0 Å². The Morgan fingerprint density at radius 3 is 1.92 bits per heavy atom. The molecule has 0 rings (SSSR count). The molecule has 0 unspecified atom stereocenters. The summed E-state index contributed by atoms with van der Waals surface area (Å²) in [5.41, 5.74) is 0.